The summed E-state index contributed by atoms with van der Waals surface area (Å²) < 4.78 is 0. The zero-order valence-corrected chi connectivity index (χ0v) is 9.18. The molecule has 0 aliphatic carbocycles. The van der Waals surface area contributed by atoms with Crippen molar-refractivity contribution in [1.29, 1.82) is 0 Å². The maximum absolute atomic E-state index is 11.0. The number of hydrogen-bond donors (Lipinski definition) is 2. The Balaban J connectivity index is 2.22. The topological polar surface area (TPSA) is 92.3 Å². The van der Waals surface area contributed by atoms with E-state index in [9.17, 15) is 4.79 Å². The van der Waals surface area contributed by atoms with E-state index < -0.39 is 11.5 Å². The molecule has 1 aromatic rings. The van der Waals surface area contributed by atoms with E-state index in [4.69, 9.17) is 22.4 Å². The molecule has 0 aromatic carbocycles. The fourth-order valence-corrected chi connectivity index (χ4v) is 1.95. The molecule has 0 amide bonds. The van der Waals surface area contributed by atoms with Crippen LogP contribution in [-0.2, 0) is 4.79 Å². The zero-order valence-electron chi connectivity index (χ0n) is 8.43. The number of aliphatic carboxylic acids is 1. The molecule has 1 atom stereocenters. The summed E-state index contributed by atoms with van der Waals surface area (Å²) >= 11 is 5.92. The first-order valence-electron chi connectivity index (χ1n) is 4.76. The monoisotopic (exact) mass is 242 g/mol. The molecule has 0 bridgehead atoms. The van der Waals surface area contributed by atoms with Crippen molar-refractivity contribution in [2.75, 3.05) is 18.0 Å². The van der Waals surface area contributed by atoms with Crippen molar-refractivity contribution in [3.63, 3.8) is 0 Å². The van der Waals surface area contributed by atoms with Gasteiger partial charge >= 0.3 is 5.97 Å². The Morgan fingerprint density at radius 3 is 3.00 bits per heavy atom. The van der Waals surface area contributed by atoms with Crippen molar-refractivity contribution < 1.29 is 9.90 Å². The molecule has 2 heterocycles. The maximum Gasteiger partial charge on any atom is 0.325 e. The summed E-state index contributed by atoms with van der Waals surface area (Å²) in [6, 6.07) is 0. The molecule has 0 spiro atoms. The molecular weight excluding hydrogens is 232 g/mol. The van der Waals surface area contributed by atoms with E-state index in [0.29, 0.717) is 23.8 Å². The van der Waals surface area contributed by atoms with Gasteiger partial charge in [0.1, 0.15) is 16.9 Å². The predicted molar refractivity (Wildman–Crippen MR) is 58.4 cm³/mol. The van der Waals surface area contributed by atoms with Crippen molar-refractivity contribution in [3.05, 3.63) is 17.5 Å². The second-order valence-corrected chi connectivity index (χ2v) is 4.23. The zero-order chi connectivity index (χ0) is 11.8. The Bertz CT molecular complexity index is 428. The van der Waals surface area contributed by atoms with Crippen LogP contribution in [0.3, 0.4) is 0 Å². The number of carboxylic acid groups (broad SMARTS) is 1. The molecule has 16 heavy (non-hydrogen) atoms. The predicted octanol–water partition coefficient (Wildman–Crippen LogP) is 0.122. The van der Waals surface area contributed by atoms with Crippen molar-refractivity contribution in [2.45, 2.75) is 12.0 Å². The van der Waals surface area contributed by atoms with Gasteiger partial charge in [-0.3, -0.25) is 4.79 Å². The van der Waals surface area contributed by atoms with E-state index in [1.54, 1.807) is 4.90 Å². The fraction of sp³-hybridized carbons (Fsp3) is 0.444. The Morgan fingerprint density at radius 1 is 1.69 bits per heavy atom. The highest BCUT2D eigenvalue weighted by Gasteiger charge is 2.42. The summed E-state index contributed by atoms with van der Waals surface area (Å²) in [4.78, 5) is 20.5. The van der Waals surface area contributed by atoms with E-state index in [0.717, 1.165) is 0 Å². The first kappa shape index (κ1) is 11.1. The number of carbonyl (C=O) groups is 1. The molecule has 1 aliphatic rings. The van der Waals surface area contributed by atoms with Crippen LogP contribution in [0.25, 0.3) is 0 Å². The highest BCUT2D eigenvalue weighted by molar-refractivity contribution is 6.32. The number of nitrogens with zero attached hydrogens (tertiary/aromatic N) is 3. The lowest BCUT2D eigenvalue weighted by Crippen LogP contribution is -2.50. The molecule has 86 valence electrons. The summed E-state index contributed by atoms with van der Waals surface area (Å²) in [5.74, 6) is -0.467. The lowest BCUT2D eigenvalue weighted by molar-refractivity contribution is -0.142. The average molecular weight is 243 g/mol. The standard InChI is InChI=1S/C9H11ClN4O2/c10-6-3-12-5-13-7(6)14-2-1-9(11,4-14)8(15)16/h3,5H,1-2,4,11H2,(H,15,16). The smallest absolute Gasteiger partial charge is 0.325 e. The highest BCUT2D eigenvalue weighted by atomic mass is 35.5. The van der Waals surface area contributed by atoms with Gasteiger partial charge in [-0.25, -0.2) is 9.97 Å². The number of halogens is 1. The van der Waals surface area contributed by atoms with Gasteiger partial charge in [0.25, 0.3) is 0 Å². The van der Waals surface area contributed by atoms with Crippen molar-refractivity contribution in [1.82, 2.24) is 9.97 Å². The van der Waals surface area contributed by atoms with Crippen LogP contribution in [-0.4, -0.2) is 39.7 Å². The normalized spacial score (nSPS) is 24.8. The number of rotatable bonds is 2. The summed E-state index contributed by atoms with van der Waals surface area (Å²) in [5.41, 5.74) is 4.54. The van der Waals surface area contributed by atoms with E-state index in [1.165, 1.54) is 12.5 Å². The SMILES string of the molecule is NC1(C(=O)O)CCN(c2ncncc2Cl)C1. The van der Waals surface area contributed by atoms with Crippen LogP contribution in [0.2, 0.25) is 5.02 Å². The van der Waals surface area contributed by atoms with E-state index in [1.807, 2.05) is 0 Å². The molecule has 3 N–H and O–H groups in total. The van der Waals surface area contributed by atoms with E-state index in [2.05, 4.69) is 9.97 Å². The summed E-state index contributed by atoms with van der Waals surface area (Å²) in [6.07, 6.45) is 3.22. The molecule has 7 heteroatoms. The van der Waals surface area contributed by atoms with Crippen LogP contribution in [0, 0.1) is 0 Å². The Morgan fingerprint density at radius 2 is 2.44 bits per heavy atom. The maximum atomic E-state index is 11.0. The third-order valence-corrected chi connectivity index (χ3v) is 2.94. The van der Waals surface area contributed by atoms with Crippen LogP contribution in [0.4, 0.5) is 5.82 Å². The van der Waals surface area contributed by atoms with Gasteiger partial charge in [0, 0.05) is 13.1 Å². The van der Waals surface area contributed by atoms with Gasteiger partial charge in [-0.1, -0.05) is 11.6 Å². The second-order valence-electron chi connectivity index (χ2n) is 3.83. The number of hydrogen-bond acceptors (Lipinski definition) is 5. The van der Waals surface area contributed by atoms with Gasteiger partial charge in [-0.2, -0.15) is 0 Å². The number of anilines is 1. The average Bonchev–Trinajstić information content (AvgIpc) is 2.63. The van der Waals surface area contributed by atoms with Crippen molar-refractivity contribution >= 4 is 23.4 Å². The first-order chi connectivity index (χ1) is 7.53. The van der Waals surface area contributed by atoms with Gasteiger partial charge in [0.2, 0.25) is 0 Å². The molecule has 1 aliphatic heterocycles. The Kier molecular flexibility index (Phi) is 2.69. The van der Waals surface area contributed by atoms with Gasteiger partial charge in [0.05, 0.1) is 6.20 Å². The number of nitrogens with two attached hydrogens (primary N) is 1. The second kappa shape index (κ2) is 3.88. The minimum Gasteiger partial charge on any atom is -0.480 e. The molecular formula is C9H11ClN4O2. The summed E-state index contributed by atoms with van der Waals surface area (Å²) in [7, 11) is 0. The summed E-state index contributed by atoms with van der Waals surface area (Å²) in [5, 5.41) is 9.39. The Labute approximate surface area is 97.0 Å². The van der Waals surface area contributed by atoms with Crippen molar-refractivity contribution in [2.24, 2.45) is 5.73 Å². The molecule has 1 aromatic heterocycles. The molecule has 1 fully saturated rings. The van der Waals surface area contributed by atoms with E-state index in [-0.39, 0.29) is 6.54 Å². The molecule has 6 nitrogen and oxygen atoms in total. The van der Waals surface area contributed by atoms with Gasteiger partial charge in [0.15, 0.2) is 5.82 Å². The molecule has 0 saturated carbocycles. The van der Waals surface area contributed by atoms with Crippen molar-refractivity contribution in [3.8, 4) is 0 Å². The van der Waals surface area contributed by atoms with Gasteiger partial charge < -0.3 is 15.7 Å². The minimum atomic E-state index is -1.21. The third kappa shape index (κ3) is 1.81. The lowest BCUT2D eigenvalue weighted by atomic mass is 10.0. The largest absolute Gasteiger partial charge is 0.480 e. The van der Waals surface area contributed by atoms with Crippen LogP contribution >= 0.6 is 11.6 Å². The van der Waals surface area contributed by atoms with Crippen LogP contribution in [0.5, 0.6) is 0 Å². The lowest BCUT2D eigenvalue weighted by Gasteiger charge is -2.21. The highest BCUT2D eigenvalue weighted by Crippen LogP contribution is 2.28. The van der Waals surface area contributed by atoms with Crippen LogP contribution < -0.4 is 10.6 Å². The fourth-order valence-electron chi connectivity index (χ4n) is 1.73. The van der Waals surface area contributed by atoms with Gasteiger partial charge in [-0.05, 0) is 6.42 Å². The first-order valence-corrected chi connectivity index (χ1v) is 5.13. The molecule has 0 radical (unpaired) electrons. The number of carboxylic acids is 1. The number of aromatic nitrogens is 2. The van der Waals surface area contributed by atoms with Crippen LogP contribution in [0.15, 0.2) is 12.5 Å². The van der Waals surface area contributed by atoms with Crippen LogP contribution in [0.1, 0.15) is 6.42 Å². The minimum absolute atomic E-state index is 0.207. The summed E-state index contributed by atoms with van der Waals surface area (Å²) in [6.45, 7) is 0.735. The quantitative estimate of drug-likeness (QED) is 0.766. The molecule has 2 rings (SSSR count). The van der Waals surface area contributed by atoms with Gasteiger partial charge in [-0.15, -0.1) is 0 Å². The van der Waals surface area contributed by atoms with E-state index >= 15 is 0 Å². The third-order valence-electron chi connectivity index (χ3n) is 2.67. The Hall–Kier alpha value is -1.40. The molecule has 1 saturated heterocycles. The molecule has 1 unspecified atom stereocenters.